The molecular formula is C38H50N4O5. The zero-order valence-electron chi connectivity index (χ0n) is 27.8. The zero-order chi connectivity index (χ0) is 33.8. The van der Waals surface area contributed by atoms with Crippen molar-refractivity contribution in [3.63, 3.8) is 0 Å². The standard InChI is InChI=1S/C19H24N2O2.C13H13NO3.C6H13N/c1-13-17(10-11-18(13)22)20-16-9-5-6-14(12-16)19(23)21-15-7-3-2-4-8-15;1-8-11(5-6-12(8)15)14-10-4-2-3-9(7-10)13(16)17;7-6-4-2-1-3-5-6/h5-6,9,12,15,20H,2-4,7-8,10-11H2,1H3,(H,21,23);2-4,7,14H,5-6H2,1H3,(H,16,17);6H,1-5,7H2. The van der Waals surface area contributed by atoms with Gasteiger partial charge in [-0.05, 0) is 88.8 Å². The van der Waals surface area contributed by atoms with Crippen LogP contribution in [0.25, 0.3) is 0 Å². The van der Waals surface area contributed by atoms with Gasteiger partial charge in [0.1, 0.15) is 0 Å². The molecule has 6 rings (SSSR count). The molecule has 0 heterocycles. The number of anilines is 2. The Bertz CT molecular complexity index is 1500. The Labute approximate surface area is 278 Å². The van der Waals surface area contributed by atoms with E-state index in [4.69, 9.17) is 10.8 Å². The second-order valence-corrected chi connectivity index (χ2v) is 13.0. The molecule has 0 unspecified atom stereocenters. The number of allylic oxidation sites excluding steroid dienone is 4. The molecule has 0 aliphatic heterocycles. The van der Waals surface area contributed by atoms with E-state index in [9.17, 15) is 19.2 Å². The van der Waals surface area contributed by atoms with Gasteiger partial charge in [0.2, 0.25) is 0 Å². The molecule has 2 fully saturated rings. The first-order valence-corrected chi connectivity index (χ1v) is 17.1. The molecule has 1 amide bonds. The van der Waals surface area contributed by atoms with Gasteiger partial charge in [-0.2, -0.15) is 0 Å². The molecule has 4 aliphatic rings. The summed E-state index contributed by atoms with van der Waals surface area (Å²) in [5, 5.41) is 18.4. The Hall–Kier alpha value is -4.24. The third-order valence-corrected chi connectivity index (χ3v) is 9.36. The van der Waals surface area contributed by atoms with Crippen LogP contribution in [0.5, 0.6) is 0 Å². The van der Waals surface area contributed by atoms with Crippen LogP contribution in [0.1, 0.15) is 124 Å². The van der Waals surface area contributed by atoms with E-state index in [-0.39, 0.29) is 23.0 Å². The van der Waals surface area contributed by atoms with E-state index in [0.29, 0.717) is 42.6 Å². The summed E-state index contributed by atoms with van der Waals surface area (Å²) in [6.07, 6.45) is 15.1. The largest absolute Gasteiger partial charge is 0.478 e. The van der Waals surface area contributed by atoms with Gasteiger partial charge in [0, 0.05) is 64.4 Å². The summed E-state index contributed by atoms with van der Waals surface area (Å²) in [5.41, 5.74) is 11.5. The molecule has 0 radical (unpaired) electrons. The number of hydrogen-bond acceptors (Lipinski definition) is 7. The van der Waals surface area contributed by atoms with Gasteiger partial charge in [0.05, 0.1) is 5.56 Å². The van der Waals surface area contributed by atoms with Crippen LogP contribution in [0.2, 0.25) is 0 Å². The molecule has 0 bridgehead atoms. The van der Waals surface area contributed by atoms with Gasteiger partial charge in [-0.3, -0.25) is 14.4 Å². The molecule has 9 heteroatoms. The SMILES string of the molecule is CC1=C(Nc2cccc(C(=O)NC3CCCCC3)c2)CCC1=O.CC1=C(Nc2cccc(C(=O)O)c2)CCC1=O.NC1CCCCC1. The molecule has 0 aromatic heterocycles. The van der Waals surface area contributed by atoms with Crippen LogP contribution in [-0.4, -0.2) is 40.6 Å². The lowest BCUT2D eigenvalue weighted by Gasteiger charge is -2.22. The Kier molecular flexibility index (Phi) is 13.3. The van der Waals surface area contributed by atoms with Crippen molar-refractivity contribution >= 4 is 34.8 Å². The molecule has 2 aromatic rings. The summed E-state index contributed by atoms with van der Waals surface area (Å²) >= 11 is 0. The molecule has 6 N–H and O–H groups in total. The van der Waals surface area contributed by atoms with Crippen molar-refractivity contribution in [3.8, 4) is 0 Å². The molecular weight excluding hydrogens is 592 g/mol. The van der Waals surface area contributed by atoms with Crippen molar-refractivity contribution < 1.29 is 24.3 Å². The Morgan fingerprint density at radius 3 is 1.57 bits per heavy atom. The van der Waals surface area contributed by atoms with E-state index in [0.717, 1.165) is 47.5 Å². The van der Waals surface area contributed by atoms with Crippen molar-refractivity contribution in [1.29, 1.82) is 0 Å². The maximum Gasteiger partial charge on any atom is 0.335 e. The molecule has 4 aliphatic carbocycles. The van der Waals surface area contributed by atoms with E-state index in [2.05, 4.69) is 16.0 Å². The van der Waals surface area contributed by atoms with Crippen LogP contribution in [0.3, 0.4) is 0 Å². The highest BCUT2D eigenvalue weighted by Crippen LogP contribution is 2.26. The predicted octanol–water partition coefficient (Wildman–Crippen LogP) is 7.51. The lowest BCUT2D eigenvalue weighted by atomic mass is 9.95. The number of nitrogens with two attached hydrogens (primary N) is 1. The van der Waals surface area contributed by atoms with Crippen molar-refractivity contribution in [2.75, 3.05) is 10.6 Å². The van der Waals surface area contributed by atoms with Crippen molar-refractivity contribution in [1.82, 2.24) is 5.32 Å². The summed E-state index contributed by atoms with van der Waals surface area (Å²) in [6.45, 7) is 3.65. The number of aromatic carboxylic acids is 1. The molecule has 0 saturated heterocycles. The summed E-state index contributed by atoms with van der Waals surface area (Å²) in [4.78, 5) is 46.2. The summed E-state index contributed by atoms with van der Waals surface area (Å²) in [5.74, 6) is -0.601. The van der Waals surface area contributed by atoms with Gasteiger partial charge in [-0.1, -0.05) is 50.7 Å². The number of ketones is 2. The minimum atomic E-state index is -0.957. The first-order chi connectivity index (χ1) is 22.6. The van der Waals surface area contributed by atoms with Gasteiger partial charge in [-0.15, -0.1) is 0 Å². The molecule has 252 valence electrons. The third kappa shape index (κ3) is 10.9. The molecule has 2 saturated carbocycles. The number of carboxylic acid groups (broad SMARTS) is 1. The van der Waals surface area contributed by atoms with Gasteiger partial charge >= 0.3 is 5.97 Å². The average Bonchev–Trinajstić information content (AvgIpc) is 3.57. The Balaban J connectivity index is 0.000000182. The number of carbonyl (C=O) groups excluding carboxylic acids is 3. The lowest BCUT2D eigenvalue weighted by molar-refractivity contribution is -0.115. The van der Waals surface area contributed by atoms with Gasteiger partial charge < -0.3 is 26.8 Å². The highest BCUT2D eigenvalue weighted by Gasteiger charge is 2.21. The van der Waals surface area contributed by atoms with Crippen molar-refractivity contribution in [3.05, 3.63) is 82.2 Å². The molecule has 47 heavy (non-hydrogen) atoms. The van der Waals surface area contributed by atoms with Crippen molar-refractivity contribution in [2.24, 2.45) is 5.73 Å². The summed E-state index contributed by atoms with van der Waals surface area (Å²) in [7, 11) is 0. The number of hydrogen-bond donors (Lipinski definition) is 5. The normalized spacial score (nSPS) is 18.6. The van der Waals surface area contributed by atoms with Crippen molar-refractivity contribution in [2.45, 2.75) is 116 Å². The topological polar surface area (TPSA) is 151 Å². The average molecular weight is 643 g/mol. The number of benzene rings is 2. The van der Waals surface area contributed by atoms with Crippen LogP contribution in [0.15, 0.2) is 71.1 Å². The van der Waals surface area contributed by atoms with Crippen LogP contribution >= 0.6 is 0 Å². The Morgan fingerprint density at radius 2 is 1.15 bits per heavy atom. The van der Waals surface area contributed by atoms with Crippen LogP contribution < -0.4 is 21.7 Å². The first kappa shape index (κ1) is 35.6. The quantitative estimate of drug-likeness (QED) is 0.208. The minimum Gasteiger partial charge on any atom is -0.478 e. The fourth-order valence-electron chi connectivity index (χ4n) is 6.34. The number of rotatable bonds is 7. The second kappa shape index (κ2) is 17.6. The second-order valence-electron chi connectivity index (χ2n) is 13.0. The van der Waals surface area contributed by atoms with Gasteiger partial charge in [-0.25, -0.2) is 4.79 Å². The van der Waals surface area contributed by atoms with E-state index in [1.807, 2.05) is 31.2 Å². The van der Waals surface area contributed by atoms with E-state index in [1.165, 1.54) is 57.4 Å². The monoisotopic (exact) mass is 642 g/mol. The molecule has 0 spiro atoms. The maximum absolute atomic E-state index is 12.4. The maximum atomic E-state index is 12.4. The van der Waals surface area contributed by atoms with E-state index < -0.39 is 5.97 Å². The van der Waals surface area contributed by atoms with Crippen LogP contribution in [0, 0.1) is 0 Å². The number of amides is 1. The zero-order valence-corrected chi connectivity index (χ0v) is 27.8. The molecule has 2 aromatic carbocycles. The number of carboxylic acids is 1. The van der Waals surface area contributed by atoms with Gasteiger partial charge in [0.25, 0.3) is 5.91 Å². The smallest absolute Gasteiger partial charge is 0.335 e. The predicted molar refractivity (Wildman–Crippen MR) is 186 cm³/mol. The fourth-order valence-corrected chi connectivity index (χ4v) is 6.34. The Morgan fingerprint density at radius 1 is 0.681 bits per heavy atom. The summed E-state index contributed by atoms with van der Waals surface area (Å²) in [6, 6.07) is 14.9. The first-order valence-electron chi connectivity index (χ1n) is 17.1. The fraction of sp³-hybridized carbons (Fsp3) is 0.474. The lowest BCUT2D eigenvalue weighted by Crippen LogP contribution is -2.36. The minimum absolute atomic E-state index is 0.00579. The van der Waals surface area contributed by atoms with Crippen LogP contribution in [0.4, 0.5) is 11.4 Å². The van der Waals surface area contributed by atoms with E-state index in [1.54, 1.807) is 25.1 Å². The number of Topliss-reactive ketones (excluding diaryl/α,β-unsaturated/α-hetero) is 2. The third-order valence-electron chi connectivity index (χ3n) is 9.36. The van der Waals surface area contributed by atoms with Crippen LogP contribution in [-0.2, 0) is 9.59 Å². The highest BCUT2D eigenvalue weighted by molar-refractivity contribution is 5.99. The van der Waals surface area contributed by atoms with E-state index >= 15 is 0 Å². The van der Waals surface area contributed by atoms with Gasteiger partial charge in [0.15, 0.2) is 11.6 Å². The number of nitrogens with one attached hydrogen (secondary N) is 3. The molecule has 0 atom stereocenters. The molecule has 9 nitrogen and oxygen atoms in total. The number of carbonyl (C=O) groups is 4. The summed E-state index contributed by atoms with van der Waals surface area (Å²) < 4.78 is 0. The highest BCUT2D eigenvalue weighted by atomic mass is 16.4.